The minimum Gasteiger partial charge on any atom is -0.439 e. The molecular formula is C31H33F3N6O4S. The molecule has 1 aliphatic rings. The monoisotopic (exact) mass is 642 g/mol. The maximum Gasteiger partial charge on any atom is 0.573 e. The average molecular weight is 643 g/mol. The zero-order valence-electron chi connectivity index (χ0n) is 24.9. The van der Waals surface area contributed by atoms with Gasteiger partial charge in [-0.3, -0.25) is 0 Å². The van der Waals surface area contributed by atoms with Crippen molar-refractivity contribution in [3.8, 4) is 28.6 Å². The summed E-state index contributed by atoms with van der Waals surface area (Å²) in [7, 11) is -2.21. The number of nitrogens with one attached hydrogen (secondary N) is 1. The number of aromatic nitrogens is 2. The lowest BCUT2D eigenvalue weighted by molar-refractivity contribution is -0.274. The van der Waals surface area contributed by atoms with Crippen LogP contribution in [0.15, 0.2) is 77.7 Å². The molecule has 0 unspecified atom stereocenters. The highest BCUT2D eigenvalue weighted by Crippen LogP contribution is 2.38. The molecule has 5 rings (SSSR count). The van der Waals surface area contributed by atoms with Gasteiger partial charge in [0.05, 0.1) is 16.3 Å². The highest BCUT2D eigenvalue weighted by atomic mass is 32.2. The normalized spacial score (nSPS) is 14.4. The Balaban J connectivity index is 1.56. The molecule has 14 heteroatoms. The van der Waals surface area contributed by atoms with Gasteiger partial charge in [-0.2, -0.15) is 4.98 Å². The molecule has 0 atom stereocenters. The molecule has 45 heavy (non-hydrogen) atoms. The van der Waals surface area contributed by atoms with Crippen molar-refractivity contribution in [1.82, 2.24) is 14.9 Å². The number of nitrogen functional groups attached to an aromatic ring is 1. The van der Waals surface area contributed by atoms with Crippen molar-refractivity contribution >= 4 is 27.3 Å². The van der Waals surface area contributed by atoms with Gasteiger partial charge in [-0.1, -0.05) is 44.2 Å². The predicted molar refractivity (Wildman–Crippen MR) is 166 cm³/mol. The summed E-state index contributed by atoms with van der Waals surface area (Å²) in [5.74, 6) is -0.369. The molecule has 0 saturated carbocycles. The second kappa shape index (κ2) is 12.8. The van der Waals surface area contributed by atoms with Crippen molar-refractivity contribution in [1.29, 1.82) is 0 Å². The van der Waals surface area contributed by atoms with Crippen molar-refractivity contribution in [2.24, 2.45) is 0 Å². The molecule has 0 amide bonds. The van der Waals surface area contributed by atoms with Gasteiger partial charge in [0.1, 0.15) is 5.75 Å². The maximum absolute atomic E-state index is 13.3. The van der Waals surface area contributed by atoms with Crippen LogP contribution in [0.1, 0.15) is 25.3 Å². The first-order valence-corrected chi connectivity index (χ1v) is 15.6. The number of anilines is 3. The summed E-state index contributed by atoms with van der Waals surface area (Å²) in [6.45, 7) is 6.30. The Morgan fingerprint density at radius 3 is 2.36 bits per heavy atom. The minimum atomic E-state index is -4.88. The first kappa shape index (κ1) is 31.9. The summed E-state index contributed by atoms with van der Waals surface area (Å²) in [5.41, 5.74) is 8.34. The molecule has 2 heterocycles. The number of rotatable bonds is 9. The van der Waals surface area contributed by atoms with Gasteiger partial charge in [-0.05, 0) is 48.9 Å². The van der Waals surface area contributed by atoms with Crippen LogP contribution in [0.2, 0.25) is 0 Å². The summed E-state index contributed by atoms with van der Waals surface area (Å²) >= 11 is 0. The molecule has 3 aromatic carbocycles. The molecule has 4 aromatic rings. The predicted octanol–water partition coefficient (Wildman–Crippen LogP) is 6.09. The van der Waals surface area contributed by atoms with E-state index >= 15 is 0 Å². The first-order valence-electron chi connectivity index (χ1n) is 14.2. The molecule has 0 aliphatic carbocycles. The number of piperazine rings is 1. The zero-order chi connectivity index (χ0) is 32.4. The molecule has 0 bridgehead atoms. The van der Waals surface area contributed by atoms with Gasteiger partial charge >= 0.3 is 6.36 Å². The number of nitrogens with two attached hydrogens (primary N) is 1. The number of ether oxygens (including phenoxy) is 2. The van der Waals surface area contributed by atoms with Crippen LogP contribution in [0, 0.1) is 0 Å². The Morgan fingerprint density at radius 2 is 1.67 bits per heavy atom. The largest absolute Gasteiger partial charge is 0.573 e. The third-order valence-corrected chi connectivity index (χ3v) is 8.50. The number of hydrogen-bond acceptors (Lipinski definition) is 9. The Hall–Kier alpha value is -4.56. The van der Waals surface area contributed by atoms with E-state index in [2.05, 4.69) is 24.3 Å². The van der Waals surface area contributed by atoms with E-state index in [1.54, 1.807) is 17.0 Å². The van der Waals surface area contributed by atoms with Crippen molar-refractivity contribution in [3.63, 3.8) is 0 Å². The lowest BCUT2D eigenvalue weighted by Crippen LogP contribution is -2.44. The van der Waals surface area contributed by atoms with Gasteiger partial charge in [0.2, 0.25) is 11.8 Å². The zero-order valence-corrected chi connectivity index (χ0v) is 25.7. The van der Waals surface area contributed by atoms with Crippen LogP contribution in [0.3, 0.4) is 0 Å². The number of halogens is 3. The molecule has 238 valence electrons. The molecule has 3 N–H and O–H groups in total. The molecule has 0 spiro atoms. The number of hydrogen-bond donors (Lipinski definition) is 2. The molecule has 1 saturated heterocycles. The third kappa shape index (κ3) is 7.94. The number of benzene rings is 3. The van der Waals surface area contributed by atoms with E-state index in [0.717, 1.165) is 11.1 Å². The van der Waals surface area contributed by atoms with E-state index in [0.29, 0.717) is 31.9 Å². The Kier molecular flexibility index (Phi) is 9.07. The van der Waals surface area contributed by atoms with Crippen LogP contribution < -0.4 is 24.8 Å². The number of likely N-dealkylation sites (N-methyl/N-ethyl adjacent to an activating group) is 1. The summed E-state index contributed by atoms with van der Waals surface area (Å²) < 4.78 is 79.1. The minimum absolute atomic E-state index is 0.0300. The fourth-order valence-corrected chi connectivity index (χ4v) is 5.94. The van der Waals surface area contributed by atoms with Crippen molar-refractivity contribution in [3.05, 3.63) is 78.4 Å². The van der Waals surface area contributed by atoms with Gasteiger partial charge in [0.15, 0.2) is 5.75 Å². The smallest absolute Gasteiger partial charge is 0.439 e. The second-order valence-electron chi connectivity index (χ2n) is 10.9. The summed E-state index contributed by atoms with van der Waals surface area (Å²) in [6.07, 6.45) is -4.88. The van der Waals surface area contributed by atoms with Crippen molar-refractivity contribution < 1.29 is 31.1 Å². The summed E-state index contributed by atoms with van der Waals surface area (Å²) in [5, 5.41) is 0. The third-order valence-electron chi connectivity index (χ3n) is 7.18. The van der Waals surface area contributed by atoms with E-state index in [1.807, 2.05) is 45.2 Å². The molecular weight excluding hydrogens is 609 g/mol. The quantitative estimate of drug-likeness (QED) is 0.209. The topological polar surface area (TPSA) is 123 Å². The average Bonchev–Trinajstić information content (AvgIpc) is 2.97. The van der Waals surface area contributed by atoms with Gasteiger partial charge in [0.25, 0.3) is 10.0 Å². The van der Waals surface area contributed by atoms with Crippen LogP contribution in [0.4, 0.5) is 30.5 Å². The van der Waals surface area contributed by atoms with Crippen LogP contribution >= 0.6 is 0 Å². The first-order chi connectivity index (χ1) is 21.3. The Labute approximate surface area is 259 Å². The van der Waals surface area contributed by atoms with Gasteiger partial charge in [0, 0.05) is 49.6 Å². The fraction of sp³-hybridized carbons (Fsp3) is 0.290. The van der Waals surface area contributed by atoms with E-state index in [4.69, 9.17) is 10.5 Å². The lowest BCUT2D eigenvalue weighted by Gasteiger charge is -2.35. The molecule has 10 nitrogen and oxygen atoms in total. The van der Waals surface area contributed by atoms with Gasteiger partial charge in [-0.25, -0.2) is 18.1 Å². The Morgan fingerprint density at radius 1 is 0.933 bits per heavy atom. The van der Waals surface area contributed by atoms with Crippen LogP contribution in [0.5, 0.6) is 17.4 Å². The van der Waals surface area contributed by atoms with Gasteiger partial charge < -0.3 is 25.0 Å². The molecule has 1 aromatic heterocycles. The maximum atomic E-state index is 13.3. The van der Waals surface area contributed by atoms with E-state index < -0.39 is 16.4 Å². The number of alkyl halides is 3. The van der Waals surface area contributed by atoms with Crippen LogP contribution in [0.25, 0.3) is 11.3 Å². The van der Waals surface area contributed by atoms with Gasteiger partial charge in [-0.15, -0.1) is 13.2 Å². The van der Waals surface area contributed by atoms with Crippen LogP contribution in [-0.2, 0) is 10.0 Å². The molecule has 1 fully saturated rings. The van der Waals surface area contributed by atoms with E-state index in [1.165, 1.54) is 36.4 Å². The van der Waals surface area contributed by atoms with E-state index in [9.17, 15) is 21.6 Å². The second-order valence-corrected chi connectivity index (χ2v) is 12.6. The lowest BCUT2D eigenvalue weighted by atomic mass is 9.95. The molecule has 0 radical (unpaired) electrons. The standard InChI is InChI=1S/C31H33F3N6O4S/c1-20(2)24-9-4-5-10-25(24)26-19-29(37-30(36-26)38-45(41,42)23-8-6-7-21(35)17-23)43-22-11-12-28(44-31(32,33)34)27(18-22)40-15-13-39(3)14-16-40/h4-12,17-20H,13-16,35H2,1-3H3,(H,36,37,38). The van der Waals surface area contributed by atoms with Crippen molar-refractivity contribution in [2.75, 3.05) is 48.6 Å². The van der Waals surface area contributed by atoms with Crippen molar-refractivity contribution in [2.45, 2.75) is 31.0 Å². The number of sulfonamides is 1. The Bertz CT molecular complexity index is 1780. The highest BCUT2D eigenvalue weighted by molar-refractivity contribution is 7.92. The van der Waals surface area contributed by atoms with Crippen LogP contribution in [-0.4, -0.2) is 62.9 Å². The van der Waals surface area contributed by atoms with E-state index in [-0.39, 0.29) is 45.5 Å². The highest BCUT2D eigenvalue weighted by Gasteiger charge is 2.33. The number of nitrogens with zero attached hydrogens (tertiary/aromatic N) is 4. The summed E-state index contributed by atoms with van der Waals surface area (Å²) in [6, 6.07) is 18.8. The fourth-order valence-electron chi connectivity index (χ4n) is 4.94. The molecule has 1 aliphatic heterocycles. The summed E-state index contributed by atoms with van der Waals surface area (Å²) in [4.78, 5) is 12.6. The SMILES string of the molecule is CC(C)c1ccccc1-c1cc(Oc2ccc(OC(F)(F)F)c(N3CCN(C)CC3)c2)nc(NS(=O)(=O)c2cccc(N)c2)n1.